The molecule has 5 nitrogen and oxygen atoms in total. The zero-order valence-corrected chi connectivity index (χ0v) is 12.9. The first-order valence-corrected chi connectivity index (χ1v) is 7.73. The van der Waals surface area contributed by atoms with Gasteiger partial charge in [0.2, 0.25) is 5.91 Å². The van der Waals surface area contributed by atoms with E-state index in [4.69, 9.17) is 0 Å². The van der Waals surface area contributed by atoms with Crippen LogP contribution in [0, 0.1) is 0 Å². The number of hydrogen-bond acceptors (Lipinski definition) is 3. The number of carbonyl (C=O) groups excluding carboxylic acids is 1. The van der Waals surface area contributed by atoms with E-state index < -0.39 is 11.7 Å². The van der Waals surface area contributed by atoms with Gasteiger partial charge in [0, 0.05) is 12.7 Å². The minimum atomic E-state index is -4.36. The normalized spacial score (nSPS) is 18.1. The first kappa shape index (κ1) is 16.5. The molecule has 8 heteroatoms. The zero-order valence-electron chi connectivity index (χ0n) is 12.9. The molecule has 0 bridgehead atoms. The van der Waals surface area contributed by atoms with E-state index in [0.29, 0.717) is 18.7 Å². The number of likely N-dealkylation sites (tertiary alicyclic amines) is 1. The second-order valence-electron chi connectivity index (χ2n) is 5.88. The Morgan fingerprint density at radius 2 is 2.00 bits per heavy atom. The molecule has 1 saturated heterocycles. The van der Waals surface area contributed by atoms with Crippen LogP contribution in [0.4, 0.5) is 13.2 Å². The number of aromatic nitrogens is 3. The van der Waals surface area contributed by atoms with E-state index in [2.05, 4.69) is 10.3 Å². The molecule has 2 aromatic rings. The van der Waals surface area contributed by atoms with Gasteiger partial charge in [0.15, 0.2) is 0 Å². The Morgan fingerprint density at radius 1 is 1.25 bits per heavy atom. The fraction of sp³-hybridized carbons (Fsp3) is 0.438. The summed E-state index contributed by atoms with van der Waals surface area (Å²) in [5, 5.41) is 7.66. The van der Waals surface area contributed by atoms with E-state index in [0.717, 1.165) is 25.0 Å². The van der Waals surface area contributed by atoms with Gasteiger partial charge < -0.3 is 4.90 Å². The van der Waals surface area contributed by atoms with Crippen molar-refractivity contribution in [3.05, 3.63) is 47.8 Å². The van der Waals surface area contributed by atoms with E-state index in [-0.39, 0.29) is 18.4 Å². The molecule has 24 heavy (non-hydrogen) atoms. The molecule has 0 aliphatic carbocycles. The van der Waals surface area contributed by atoms with Gasteiger partial charge in [-0.05, 0) is 30.5 Å². The van der Waals surface area contributed by atoms with Gasteiger partial charge in [-0.3, -0.25) is 9.48 Å². The predicted molar refractivity (Wildman–Crippen MR) is 79.9 cm³/mol. The maximum Gasteiger partial charge on any atom is 0.416 e. The van der Waals surface area contributed by atoms with Gasteiger partial charge in [-0.2, -0.15) is 13.2 Å². The van der Waals surface area contributed by atoms with Crippen LogP contribution in [-0.2, 0) is 23.9 Å². The molecule has 128 valence electrons. The molecule has 0 unspecified atom stereocenters. The van der Waals surface area contributed by atoms with Crippen molar-refractivity contribution in [1.29, 1.82) is 0 Å². The van der Waals surface area contributed by atoms with Crippen LogP contribution in [0.5, 0.6) is 0 Å². The van der Waals surface area contributed by atoms with Crippen LogP contribution in [0.2, 0.25) is 0 Å². The fourth-order valence-electron chi connectivity index (χ4n) is 2.99. The Balaban J connectivity index is 1.63. The van der Waals surface area contributed by atoms with Crippen molar-refractivity contribution < 1.29 is 18.0 Å². The number of carbonyl (C=O) groups is 1. The summed E-state index contributed by atoms with van der Waals surface area (Å²) in [7, 11) is 0. The van der Waals surface area contributed by atoms with Crippen LogP contribution in [0.15, 0.2) is 36.7 Å². The molecule has 1 atom stereocenters. The Morgan fingerprint density at radius 3 is 2.62 bits per heavy atom. The van der Waals surface area contributed by atoms with Crippen molar-refractivity contribution in [2.75, 3.05) is 6.54 Å². The van der Waals surface area contributed by atoms with Gasteiger partial charge >= 0.3 is 6.18 Å². The second kappa shape index (κ2) is 6.62. The van der Waals surface area contributed by atoms with Gasteiger partial charge in [0.25, 0.3) is 0 Å². The summed E-state index contributed by atoms with van der Waals surface area (Å²) in [4.78, 5) is 14.3. The molecule has 1 aromatic carbocycles. The van der Waals surface area contributed by atoms with Crippen molar-refractivity contribution in [2.45, 2.75) is 38.0 Å². The molecule has 3 rings (SSSR count). The Bertz CT molecular complexity index is 682. The molecule has 0 radical (unpaired) electrons. The third-order valence-electron chi connectivity index (χ3n) is 4.20. The lowest BCUT2D eigenvalue weighted by atomic mass is 10.1. The van der Waals surface area contributed by atoms with Crippen molar-refractivity contribution in [1.82, 2.24) is 19.9 Å². The summed E-state index contributed by atoms with van der Waals surface area (Å²) in [5.41, 5.74) is -0.122. The summed E-state index contributed by atoms with van der Waals surface area (Å²) >= 11 is 0. The Kier molecular flexibility index (Phi) is 4.55. The lowest BCUT2D eigenvalue weighted by molar-refractivity contribution is -0.137. The molecule has 0 N–H and O–H groups in total. The number of nitrogens with zero attached hydrogens (tertiary/aromatic N) is 4. The molecule has 1 amide bonds. The van der Waals surface area contributed by atoms with Crippen molar-refractivity contribution in [3.63, 3.8) is 0 Å². The molecular formula is C16H17F3N4O. The average Bonchev–Trinajstić information content (AvgIpc) is 3.19. The van der Waals surface area contributed by atoms with Crippen LogP contribution in [0.3, 0.4) is 0 Å². The van der Waals surface area contributed by atoms with Crippen molar-refractivity contribution in [2.24, 2.45) is 0 Å². The fourth-order valence-corrected chi connectivity index (χ4v) is 2.99. The molecule has 0 spiro atoms. The number of benzene rings is 1. The van der Waals surface area contributed by atoms with Crippen LogP contribution in [0.1, 0.15) is 24.0 Å². The summed E-state index contributed by atoms with van der Waals surface area (Å²) in [6.07, 6.45) is 0.878. The summed E-state index contributed by atoms with van der Waals surface area (Å²) in [5.74, 6) is -0.0719. The third kappa shape index (κ3) is 3.74. The Hall–Kier alpha value is -2.38. The molecular weight excluding hydrogens is 321 g/mol. The second-order valence-corrected chi connectivity index (χ2v) is 5.88. The summed E-state index contributed by atoms with van der Waals surface area (Å²) in [6.45, 7) is 1.25. The van der Waals surface area contributed by atoms with E-state index in [1.165, 1.54) is 12.1 Å². The van der Waals surface area contributed by atoms with Crippen LogP contribution < -0.4 is 0 Å². The maximum atomic E-state index is 12.6. The average molecular weight is 338 g/mol. The highest BCUT2D eigenvalue weighted by atomic mass is 19.4. The molecule has 1 fully saturated rings. The van der Waals surface area contributed by atoms with Crippen LogP contribution in [0.25, 0.3) is 0 Å². The molecule has 2 heterocycles. The number of halogens is 3. The van der Waals surface area contributed by atoms with Gasteiger partial charge in [0.1, 0.15) is 0 Å². The molecule has 1 aliphatic rings. The minimum Gasteiger partial charge on any atom is -0.338 e. The lowest BCUT2D eigenvalue weighted by Crippen LogP contribution is -2.39. The van der Waals surface area contributed by atoms with Gasteiger partial charge in [0.05, 0.1) is 30.8 Å². The topological polar surface area (TPSA) is 51.0 Å². The molecule has 0 saturated carbocycles. The smallest absolute Gasteiger partial charge is 0.338 e. The number of amides is 1. The number of alkyl halides is 3. The lowest BCUT2D eigenvalue weighted by Gasteiger charge is -2.24. The van der Waals surface area contributed by atoms with Crippen LogP contribution in [-0.4, -0.2) is 38.4 Å². The highest BCUT2D eigenvalue weighted by Crippen LogP contribution is 2.29. The Labute approximate surface area is 137 Å². The van der Waals surface area contributed by atoms with E-state index in [9.17, 15) is 18.0 Å². The molecule has 1 aliphatic heterocycles. The van der Waals surface area contributed by atoms with Gasteiger partial charge in [-0.25, -0.2) is 0 Å². The first-order chi connectivity index (χ1) is 11.4. The quantitative estimate of drug-likeness (QED) is 0.861. The highest BCUT2D eigenvalue weighted by molar-refractivity contribution is 5.79. The predicted octanol–water partition coefficient (Wildman–Crippen LogP) is 2.53. The van der Waals surface area contributed by atoms with Crippen LogP contribution >= 0.6 is 0 Å². The standard InChI is InChI=1S/C16H17F3N4O/c17-16(18,19)13-5-3-12(4-6-13)10-15(24)23-8-1-2-14(23)11-22-9-7-20-21-22/h3-7,9,14H,1-2,8,10-11H2/t14-/m0/s1. The van der Waals surface area contributed by atoms with Crippen molar-refractivity contribution >= 4 is 5.91 Å². The van der Waals surface area contributed by atoms with E-state index >= 15 is 0 Å². The van der Waals surface area contributed by atoms with Gasteiger partial charge in [-0.1, -0.05) is 17.3 Å². The summed E-state index contributed by atoms with van der Waals surface area (Å²) < 4.78 is 39.4. The maximum absolute atomic E-state index is 12.6. The van der Waals surface area contributed by atoms with E-state index in [1.54, 1.807) is 22.0 Å². The van der Waals surface area contributed by atoms with E-state index in [1.807, 2.05) is 0 Å². The largest absolute Gasteiger partial charge is 0.416 e. The third-order valence-corrected chi connectivity index (χ3v) is 4.20. The van der Waals surface area contributed by atoms with Gasteiger partial charge in [-0.15, -0.1) is 5.10 Å². The minimum absolute atomic E-state index is 0.0497. The summed E-state index contributed by atoms with van der Waals surface area (Å²) in [6, 6.07) is 4.81. The SMILES string of the molecule is O=C(Cc1ccc(C(F)(F)F)cc1)N1CCC[C@H]1Cn1ccnn1. The highest BCUT2D eigenvalue weighted by Gasteiger charge is 2.31. The first-order valence-electron chi connectivity index (χ1n) is 7.73. The monoisotopic (exact) mass is 338 g/mol. The zero-order chi connectivity index (χ0) is 17.2. The van der Waals surface area contributed by atoms with Crippen molar-refractivity contribution in [3.8, 4) is 0 Å². The number of rotatable bonds is 4. The molecule has 1 aromatic heterocycles. The number of hydrogen-bond donors (Lipinski definition) is 0.